The van der Waals surface area contributed by atoms with Crippen LogP contribution in [0.25, 0.3) is 10.8 Å². The highest BCUT2D eigenvalue weighted by molar-refractivity contribution is 5.82. The van der Waals surface area contributed by atoms with Gasteiger partial charge in [0.2, 0.25) is 0 Å². The van der Waals surface area contributed by atoms with Crippen molar-refractivity contribution in [3.05, 3.63) is 77.9 Å². The minimum Gasteiger partial charge on any atom is -0.491 e. The summed E-state index contributed by atoms with van der Waals surface area (Å²) in [5.41, 5.74) is 2.14. The number of nitrogens with zero attached hydrogens (tertiary/aromatic N) is 1. The maximum Gasteiger partial charge on any atom is 0.407 e. The topological polar surface area (TPSA) is 88.5 Å². The van der Waals surface area contributed by atoms with Crippen molar-refractivity contribution in [1.82, 2.24) is 4.90 Å². The molecule has 0 saturated carbocycles. The molecular formula is C27H31NO6. The standard InChI is InChI=1S/C27H31NO6/c1-32-17-23(29)18-33-24-10-8-21(9-11-24)25-12-13-28(27(30)31)15-26(25)34-16-19-6-7-20-4-2-3-5-22(20)14-19/h2-11,14,23,25-26,29H,12-13,15-18H2,1H3,(H,30,31)/t23-,25+,26-/m0/s1. The molecule has 0 aromatic heterocycles. The molecule has 7 heteroatoms. The lowest BCUT2D eigenvalue weighted by molar-refractivity contribution is -0.0199. The van der Waals surface area contributed by atoms with Gasteiger partial charge < -0.3 is 29.3 Å². The van der Waals surface area contributed by atoms with Crippen LogP contribution in [-0.2, 0) is 16.1 Å². The van der Waals surface area contributed by atoms with Gasteiger partial charge in [-0.3, -0.25) is 0 Å². The molecule has 2 N–H and O–H groups in total. The summed E-state index contributed by atoms with van der Waals surface area (Å²) < 4.78 is 16.9. The number of hydrogen-bond acceptors (Lipinski definition) is 5. The highest BCUT2D eigenvalue weighted by Gasteiger charge is 2.33. The summed E-state index contributed by atoms with van der Waals surface area (Å²) in [6.07, 6.45) is -1.18. The molecule has 0 radical (unpaired) electrons. The summed E-state index contributed by atoms with van der Waals surface area (Å²) in [5, 5.41) is 21.6. The lowest BCUT2D eigenvalue weighted by Crippen LogP contribution is -2.46. The number of rotatable bonds is 9. The Morgan fingerprint density at radius 1 is 1.06 bits per heavy atom. The van der Waals surface area contributed by atoms with Gasteiger partial charge >= 0.3 is 6.09 Å². The first-order chi connectivity index (χ1) is 16.5. The van der Waals surface area contributed by atoms with Crippen LogP contribution in [0.3, 0.4) is 0 Å². The second-order valence-electron chi connectivity index (χ2n) is 8.64. The summed E-state index contributed by atoms with van der Waals surface area (Å²) in [6.45, 7) is 1.59. The highest BCUT2D eigenvalue weighted by atomic mass is 16.5. The fraction of sp³-hybridized carbons (Fsp3) is 0.370. The molecule has 3 aromatic carbocycles. The van der Waals surface area contributed by atoms with E-state index >= 15 is 0 Å². The summed E-state index contributed by atoms with van der Waals surface area (Å²) in [4.78, 5) is 13.0. The maximum absolute atomic E-state index is 11.6. The predicted molar refractivity (Wildman–Crippen MR) is 129 cm³/mol. The second-order valence-corrected chi connectivity index (χ2v) is 8.64. The average molecular weight is 466 g/mol. The molecule has 34 heavy (non-hydrogen) atoms. The van der Waals surface area contributed by atoms with Crippen molar-refractivity contribution in [1.29, 1.82) is 0 Å². The SMILES string of the molecule is COC[C@H](O)COc1ccc([C@H]2CCN(C(=O)O)C[C@@H]2OCc2ccc3ccccc3c2)cc1. The monoisotopic (exact) mass is 465 g/mol. The van der Waals surface area contributed by atoms with Crippen LogP contribution in [-0.4, -0.2) is 66.8 Å². The summed E-state index contributed by atoms with van der Waals surface area (Å²) in [5.74, 6) is 0.736. The van der Waals surface area contributed by atoms with Crippen LogP contribution in [0.15, 0.2) is 66.7 Å². The number of piperidine rings is 1. The predicted octanol–water partition coefficient (Wildman–Crippen LogP) is 4.28. The zero-order valence-corrected chi connectivity index (χ0v) is 19.3. The molecule has 7 nitrogen and oxygen atoms in total. The van der Waals surface area contributed by atoms with E-state index in [1.807, 2.05) is 36.4 Å². The van der Waals surface area contributed by atoms with Crippen molar-refractivity contribution in [2.75, 3.05) is 33.4 Å². The van der Waals surface area contributed by atoms with Crippen LogP contribution in [0, 0.1) is 0 Å². The number of carboxylic acid groups (broad SMARTS) is 1. The molecule has 0 bridgehead atoms. The van der Waals surface area contributed by atoms with Crippen molar-refractivity contribution in [2.45, 2.75) is 31.2 Å². The number of benzene rings is 3. The number of hydrogen-bond donors (Lipinski definition) is 2. The maximum atomic E-state index is 11.6. The summed E-state index contributed by atoms with van der Waals surface area (Å²) in [7, 11) is 1.53. The molecule has 4 rings (SSSR count). The average Bonchev–Trinajstić information content (AvgIpc) is 2.86. The largest absolute Gasteiger partial charge is 0.491 e. The first-order valence-electron chi connectivity index (χ1n) is 11.5. The van der Waals surface area contributed by atoms with E-state index in [1.54, 1.807) is 0 Å². The van der Waals surface area contributed by atoms with Crippen molar-refractivity contribution in [3.8, 4) is 5.75 Å². The van der Waals surface area contributed by atoms with E-state index in [9.17, 15) is 15.0 Å². The van der Waals surface area contributed by atoms with E-state index in [-0.39, 0.29) is 25.2 Å². The van der Waals surface area contributed by atoms with Gasteiger partial charge in [0.05, 0.1) is 25.9 Å². The van der Waals surface area contributed by atoms with E-state index in [4.69, 9.17) is 14.2 Å². The Labute approximate surface area is 199 Å². The first-order valence-corrected chi connectivity index (χ1v) is 11.5. The minimum atomic E-state index is -0.920. The number of likely N-dealkylation sites (tertiary alicyclic amines) is 1. The molecule has 3 atom stereocenters. The zero-order valence-electron chi connectivity index (χ0n) is 19.3. The van der Waals surface area contributed by atoms with E-state index in [0.29, 0.717) is 31.9 Å². The van der Waals surface area contributed by atoms with Crippen LogP contribution in [0.5, 0.6) is 5.75 Å². The number of amides is 1. The normalized spacial score (nSPS) is 19.2. The van der Waals surface area contributed by atoms with Crippen molar-refractivity contribution in [3.63, 3.8) is 0 Å². The van der Waals surface area contributed by atoms with Gasteiger partial charge in [-0.2, -0.15) is 0 Å². The molecule has 1 aliphatic rings. The number of carbonyl (C=O) groups is 1. The number of fused-ring (bicyclic) bond motifs is 1. The van der Waals surface area contributed by atoms with E-state index in [1.165, 1.54) is 17.4 Å². The Morgan fingerprint density at radius 2 is 1.82 bits per heavy atom. The third-order valence-corrected chi connectivity index (χ3v) is 6.22. The van der Waals surface area contributed by atoms with Gasteiger partial charge in [-0.1, -0.05) is 48.5 Å². The molecule has 0 unspecified atom stereocenters. The van der Waals surface area contributed by atoms with Crippen molar-refractivity contribution >= 4 is 16.9 Å². The van der Waals surface area contributed by atoms with Gasteiger partial charge in [0.1, 0.15) is 18.5 Å². The van der Waals surface area contributed by atoms with E-state index in [2.05, 4.69) is 30.3 Å². The van der Waals surface area contributed by atoms with Crippen molar-refractivity contribution in [2.24, 2.45) is 0 Å². The van der Waals surface area contributed by atoms with Crippen LogP contribution in [0.1, 0.15) is 23.5 Å². The quantitative estimate of drug-likeness (QED) is 0.491. The summed E-state index contributed by atoms with van der Waals surface area (Å²) >= 11 is 0. The Hall–Kier alpha value is -3.13. The summed E-state index contributed by atoms with van der Waals surface area (Å²) in [6, 6.07) is 22.2. The van der Waals surface area contributed by atoms with Gasteiger partial charge in [0.25, 0.3) is 0 Å². The lowest BCUT2D eigenvalue weighted by atomic mass is 9.87. The number of aliphatic hydroxyl groups excluding tert-OH is 1. The third-order valence-electron chi connectivity index (χ3n) is 6.22. The molecule has 0 spiro atoms. The molecule has 3 aromatic rings. The van der Waals surface area contributed by atoms with Gasteiger partial charge in [0.15, 0.2) is 0 Å². The van der Waals surface area contributed by atoms with Crippen LogP contribution in [0.2, 0.25) is 0 Å². The van der Waals surface area contributed by atoms with Gasteiger partial charge in [-0.15, -0.1) is 0 Å². The Morgan fingerprint density at radius 3 is 2.56 bits per heavy atom. The van der Waals surface area contributed by atoms with Crippen LogP contribution < -0.4 is 4.74 Å². The number of methoxy groups -OCH3 is 1. The fourth-order valence-electron chi connectivity index (χ4n) is 4.42. The molecular weight excluding hydrogens is 434 g/mol. The molecule has 180 valence electrons. The molecule has 1 amide bonds. The first kappa shape index (κ1) is 24.0. The number of ether oxygens (including phenoxy) is 3. The second kappa shape index (κ2) is 11.3. The van der Waals surface area contributed by atoms with Crippen LogP contribution >= 0.6 is 0 Å². The smallest absolute Gasteiger partial charge is 0.407 e. The minimum absolute atomic E-state index is 0.0733. The third kappa shape index (κ3) is 6.05. The van der Waals surface area contributed by atoms with E-state index < -0.39 is 12.2 Å². The zero-order chi connectivity index (χ0) is 23.9. The van der Waals surface area contributed by atoms with Gasteiger partial charge in [-0.25, -0.2) is 4.79 Å². The molecule has 1 saturated heterocycles. The van der Waals surface area contributed by atoms with Gasteiger partial charge in [-0.05, 0) is 46.5 Å². The lowest BCUT2D eigenvalue weighted by Gasteiger charge is -2.37. The molecule has 1 fully saturated rings. The Balaban J connectivity index is 1.44. The molecule has 1 aliphatic heterocycles. The Kier molecular flexibility index (Phi) is 8.00. The molecule has 0 aliphatic carbocycles. The Bertz CT molecular complexity index is 1090. The highest BCUT2D eigenvalue weighted by Crippen LogP contribution is 2.32. The molecule has 1 heterocycles. The number of aliphatic hydroxyl groups is 1. The van der Waals surface area contributed by atoms with Gasteiger partial charge in [0, 0.05) is 19.6 Å². The van der Waals surface area contributed by atoms with Crippen molar-refractivity contribution < 1.29 is 29.2 Å². The fourth-order valence-corrected chi connectivity index (χ4v) is 4.42. The van der Waals surface area contributed by atoms with E-state index in [0.717, 1.165) is 16.5 Å². The van der Waals surface area contributed by atoms with Crippen LogP contribution in [0.4, 0.5) is 4.79 Å².